The van der Waals surface area contributed by atoms with Crippen LogP contribution in [0, 0.1) is 0 Å². The minimum atomic E-state index is -0.309. The van der Waals surface area contributed by atoms with E-state index in [4.69, 9.17) is 9.47 Å². The summed E-state index contributed by atoms with van der Waals surface area (Å²) in [5.41, 5.74) is 0.742. The normalized spacial score (nSPS) is 17.8. The van der Waals surface area contributed by atoms with Gasteiger partial charge in [0, 0.05) is 38.6 Å². The van der Waals surface area contributed by atoms with Crippen LogP contribution in [0.15, 0.2) is 36.7 Å². The summed E-state index contributed by atoms with van der Waals surface area (Å²) in [6, 6.07) is 7.62. The molecule has 0 bridgehead atoms. The van der Waals surface area contributed by atoms with E-state index in [0.717, 1.165) is 31.5 Å². The molecule has 1 aliphatic heterocycles. The number of piperazine rings is 1. The third kappa shape index (κ3) is 3.54. The van der Waals surface area contributed by atoms with Crippen molar-refractivity contribution in [3.8, 4) is 11.5 Å². The molecule has 2 amide bonds. The Labute approximate surface area is 164 Å². The lowest BCUT2D eigenvalue weighted by Gasteiger charge is -2.35. The number of carbonyl (C=O) groups is 1. The number of benzene rings is 1. The van der Waals surface area contributed by atoms with E-state index in [0.29, 0.717) is 30.5 Å². The van der Waals surface area contributed by atoms with Crippen molar-refractivity contribution >= 4 is 12.0 Å². The van der Waals surface area contributed by atoms with E-state index in [-0.39, 0.29) is 11.6 Å². The van der Waals surface area contributed by atoms with Crippen LogP contribution in [-0.2, 0) is 5.54 Å². The molecule has 8 heteroatoms. The molecule has 2 aliphatic rings. The molecule has 1 saturated heterocycles. The summed E-state index contributed by atoms with van der Waals surface area (Å²) in [5.74, 6) is 2.08. The van der Waals surface area contributed by atoms with E-state index in [2.05, 4.69) is 20.2 Å². The van der Waals surface area contributed by atoms with E-state index < -0.39 is 0 Å². The zero-order valence-corrected chi connectivity index (χ0v) is 16.2. The fourth-order valence-corrected chi connectivity index (χ4v) is 3.59. The van der Waals surface area contributed by atoms with Crippen molar-refractivity contribution < 1.29 is 14.3 Å². The average molecular weight is 383 g/mol. The van der Waals surface area contributed by atoms with Crippen molar-refractivity contribution in [2.75, 3.05) is 45.3 Å². The van der Waals surface area contributed by atoms with Crippen LogP contribution in [0.1, 0.15) is 18.4 Å². The highest BCUT2D eigenvalue weighted by Gasteiger charge is 2.47. The van der Waals surface area contributed by atoms with Gasteiger partial charge in [-0.2, -0.15) is 0 Å². The number of aromatic nitrogens is 2. The maximum Gasteiger partial charge on any atom is 0.318 e. The topological polar surface area (TPSA) is 79.8 Å². The van der Waals surface area contributed by atoms with Crippen LogP contribution in [0.5, 0.6) is 11.5 Å². The maximum atomic E-state index is 12.9. The molecule has 28 heavy (non-hydrogen) atoms. The number of ether oxygens (including phenoxy) is 2. The Morgan fingerprint density at radius 2 is 1.71 bits per heavy atom. The van der Waals surface area contributed by atoms with Gasteiger partial charge in [0.25, 0.3) is 0 Å². The van der Waals surface area contributed by atoms with Gasteiger partial charge in [0.15, 0.2) is 11.5 Å². The molecule has 1 aromatic heterocycles. The highest BCUT2D eigenvalue weighted by molar-refractivity contribution is 5.76. The second-order valence-corrected chi connectivity index (χ2v) is 7.10. The predicted molar refractivity (Wildman–Crippen MR) is 105 cm³/mol. The molecule has 0 radical (unpaired) electrons. The Morgan fingerprint density at radius 1 is 1.04 bits per heavy atom. The minimum absolute atomic E-state index is 0.0269. The van der Waals surface area contributed by atoms with Gasteiger partial charge in [-0.15, -0.1) is 0 Å². The van der Waals surface area contributed by atoms with Gasteiger partial charge in [0.1, 0.15) is 0 Å². The lowest BCUT2D eigenvalue weighted by molar-refractivity contribution is 0.188. The molecule has 0 spiro atoms. The van der Waals surface area contributed by atoms with Crippen LogP contribution in [0.25, 0.3) is 0 Å². The number of amides is 2. The highest BCUT2D eigenvalue weighted by atomic mass is 16.5. The number of methoxy groups -OCH3 is 2. The summed E-state index contributed by atoms with van der Waals surface area (Å²) in [7, 11) is 3.24. The smallest absolute Gasteiger partial charge is 0.318 e. The van der Waals surface area contributed by atoms with Gasteiger partial charge in [-0.1, -0.05) is 6.07 Å². The van der Waals surface area contributed by atoms with Crippen LogP contribution in [-0.4, -0.2) is 61.3 Å². The van der Waals surface area contributed by atoms with Crippen LogP contribution >= 0.6 is 0 Å². The third-order valence-electron chi connectivity index (χ3n) is 5.43. The number of anilines is 1. The molecule has 4 rings (SSSR count). The highest BCUT2D eigenvalue weighted by Crippen LogP contribution is 2.47. The van der Waals surface area contributed by atoms with Gasteiger partial charge in [-0.3, -0.25) is 0 Å². The largest absolute Gasteiger partial charge is 0.493 e. The zero-order chi connectivity index (χ0) is 19.6. The van der Waals surface area contributed by atoms with Gasteiger partial charge in [0.2, 0.25) is 5.95 Å². The van der Waals surface area contributed by atoms with Crippen LogP contribution in [0.3, 0.4) is 0 Å². The van der Waals surface area contributed by atoms with E-state index >= 15 is 0 Å². The first-order valence-corrected chi connectivity index (χ1v) is 9.47. The summed E-state index contributed by atoms with van der Waals surface area (Å²) < 4.78 is 10.7. The number of carbonyl (C=O) groups excluding carboxylic acids is 1. The number of hydrogen-bond donors (Lipinski definition) is 1. The van der Waals surface area contributed by atoms with Crippen molar-refractivity contribution in [3.63, 3.8) is 0 Å². The first kappa shape index (κ1) is 18.3. The van der Waals surface area contributed by atoms with Gasteiger partial charge in [0.05, 0.1) is 19.8 Å². The second-order valence-electron chi connectivity index (χ2n) is 7.10. The number of hydrogen-bond acceptors (Lipinski definition) is 6. The van der Waals surface area contributed by atoms with Crippen molar-refractivity contribution in [2.45, 2.75) is 18.4 Å². The van der Waals surface area contributed by atoms with Gasteiger partial charge in [-0.25, -0.2) is 14.8 Å². The molecule has 2 heterocycles. The molecular formula is C20H25N5O3. The van der Waals surface area contributed by atoms with Gasteiger partial charge < -0.3 is 24.6 Å². The average Bonchev–Trinajstić information content (AvgIpc) is 3.54. The van der Waals surface area contributed by atoms with Crippen LogP contribution in [0.2, 0.25) is 0 Å². The summed E-state index contributed by atoms with van der Waals surface area (Å²) in [4.78, 5) is 25.4. The molecule has 148 valence electrons. The van der Waals surface area contributed by atoms with E-state index in [9.17, 15) is 4.79 Å². The lowest BCUT2D eigenvalue weighted by atomic mass is 10.0. The number of rotatable bonds is 5. The van der Waals surface area contributed by atoms with Gasteiger partial charge >= 0.3 is 6.03 Å². The molecule has 1 aliphatic carbocycles. The Hall–Kier alpha value is -3.03. The summed E-state index contributed by atoms with van der Waals surface area (Å²) in [6.07, 6.45) is 5.32. The quantitative estimate of drug-likeness (QED) is 0.851. The molecule has 1 saturated carbocycles. The van der Waals surface area contributed by atoms with Crippen molar-refractivity contribution in [1.29, 1.82) is 0 Å². The molecular weight excluding hydrogens is 358 g/mol. The first-order chi connectivity index (χ1) is 13.6. The molecule has 2 fully saturated rings. The first-order valence-electron chi connectivity index (χ1n) is 9.47. The summed E-state index contributed by atoms with van der Waals surface area (Å²) in [6.45, 7) is 2.74. The molecule has 1 aromatic carbocycles. The van der Waals surface area contributed by atoms with Crippen LogP contribution in [0.4, 0.5) is 10.7 Å². The fraction of sp³-hybridized carbons (Fsp3) is 0.450. The van der Waals surface area contributed by atoms with Crippen molar-refractivity contribution in [2.24, 2.45) is 0 Å². The second kappa shape index (κ2) is 7.53. The number of nitrogens with one attached hydrogen (secondary N) is 1. The van der Waals surface area contributed by atoms with E-state index in [1.54, 1.807) is 32.7 Å². The van der Waals surface area contributed by atoms with E-state index in [1.807, 2.05) is 23.1 Å². The Morgan fingerprint density at radius 3 is 2.32 bits per heavy atom. The Balaban J connectivity index is 1.39. The summed E-state index contributed by atoms with van der Waals surface area (Å²) >= 11 is 0. The molecule has 1 N–H and O–H groups in total. The Kier molecular flexibility index (Phi) is 4.93. The third-order valence-corrected chi connectivity index (χ3v) is 5.43. The number of urea groups is 1. The number of nitrogens with zero attached hydrogens (tertiary/aromatic N) is 4. The fourth-order valence-electron chi connectivity index (χ4n) is 3.59. The van der Waals surface area contributed by atoms with Crippen molar-refractivity contribution in [3.05, 3.63) is 42.2 Å². The van der Waals surface area contributed by atoms with Crippen LogP contribution < -0.4 is 19.7 Å². The Bertz CT molecular complexity index is 833. The zero-order valence-electron chi connectivity index (χ0n) is 16.2. The van der Waals surface area contributed by atoms with E-state index in [1.165, 1.54) is 0 Å². The minimum Gasteiger partial charge on any atom is -0.493 e. The molecule has 0 atom stereocenters. The van der Waals surface area contributed by atoms with Gasteiger partial charge in [-0.05, 0) is 36.6 Å². The summed E-state index contributed by atoms with van der Waals surface area (Å²) in [5, 5.41) is 3.24. The molecule has 2 aromatic rings. The molecule has 8 nitrogen and oxygen atoms in total. The monoisotopic (exact) mass is 383 g/mol. The molecule has 0 unspecified atom stereocenters. The SMILES string of the molecule is COc1ccc(C2(NC(=O)N3CCN(c4ncccn4)CC3)CC2)cc1OC. The standard InChI is InChI=1S/C20H25N5O3/c1-27-16-5-4-15(14-17(16)28-2)20(6-7-20)23-19(26)25-12-10-24(11-13-25)18-21-8-3-9-22-18/h3-5,8-9,14H,6-7,10-13H2,1-2H3,(H,23,26). The lowest BCUT2D eigenvalue weighted by Crippen LogP contribution is -2.53. The maximum absolute atomic E-state index is 12.9. The predicted octanol–water partition coefficient (Wildman–Crippen LogP) is 2.01. The van der Waals surface area contributed by atoms with Crippen molar-refractivity contribution in [1.82, 2.24) is 20.2 Å².